The molecule has 0 aliphatic carbocycles. The number of carbonyl (C=O) groups excluding carboxylic acids is 1. The third kappa shape index (κ3) is 4.11. The lowest BCUT2D eigenvalue weighted by Crippen LogP contribution is -2.22. The van der Waals surface area contributed by atoms with Crippen LogP contribution in [0.2, 0.25) is 0 Å². The van der Waals surface area contributed by atoms with E-state index < -0.39 is 10.0 Å². The highest BCUT2D eigenvalue weighted by Crippen LogP contribution is 2.21. The average molecular weight is 360 g/mol. The van der Waals surface area contributed by atoms with Gasteiger partial charge in [0.1, 0.15) is 9.90 Å². The molecule has 0 aliphatic heterocycles. The number of nitrogens with two attached hydrogens (primary N) is 1. The molecule has 2 rings (SSSR count). The molecule has 0 spiro atoms. The maximum absolute atomic E-state index is 12.0. The highest BCUT2D eigenvalue weighted by Gasteiger charge is 2.15. The summed E-state index contributed by atoms with van der Waals surface area (Å²) >= 11 is 2.51. The zero-order valence-electron chi connectivity index (χ0n) is 11.8. The summed E-state index contributed by atoms with van der Waals surface area (Å²) in [6, 6.07) is 3.19. The van der Waals surface area contributed by atoms with Crippen molar-refractivity contribution < 1.29 is 13.2 Å². The Balaban J connectivity index is 1.96. The van der Waals surface area contributed by atoms with Crippen LogP contribution >= 0.6 is 22.7 Å². The Morgan fingerprint density at radius 1 is 1.41 bits per heavy atom. The first-order valence-electron chi connectivity index (χ1n) is 6.41. The SMILES string of the molecule is CNS(=O)(=O)c1ccc(CNC(=O)c2csc(CCN)n2)s1. The predicted molar refractivity (Wildman–Crippen MR) is 86.6 cm³/mol. The molecule has 0 aromatic carbocycles. The van der Waals surface area contributed by atoms with Gasteiger partial charge in [0.25, 0.3) is 5.91 Å². The number of hydrogen-bond donors (Lipinski definition) is 3. The molecule has 0 saturated heterocycles. The molecule has 120 valence electrons. The van der Waals surface area contributed by atoms with Crippen LogP contribution in [-0.4, -0.2) is 32.9 Å². The van der Waals surface area contributed by atoms with Crippen LogP contribution in [0.15, 0.2) is 21.7 Å². The second-order valence-corrected chi connectivity index (χ2v) is 8.50. The summed E-state index contributed by atoms with van der Waals surface area (Å²) in [7, 11) is -2.08. The molecule has 0 fully saturated rings. The normalized spacial score (nSPS) is 11.5. The van der Waals surface area contributed by atoms with Crippen LogP contribution in [0.1, 0.15) is 20.4 Å². The van der Waals surface area contributed by atoms with Crippen LogP contribution in [0.25, 0.3) is 0 Å². The number of nitrogens with zero attached hydrogens (tertiary/aromatic N) is 1. The Hall–Kier alpha value is -1.33. The minimum atomic E-state index is -3.44. The van der Waals surface area contributed by atoms with Crippen LogP contribution in [-0.2, 0) is 23.0 Å². The maximum atomic E-state index is 12.0. The molecule has 4 N–H and O–H groups in total. The van der Waals surface area contributed by atoms with Gasteiger partial charge in [-0.2, -0.15) is 0 Å². The van der Waals surface area contributed by atoms with E-state index in [1.165, 1.54) is 24.5 Å². The Morgan fingerprint density at radius 2 is 2.18 bits per heavy atom. The van der Waals surface area contributed by atoms with Gasteiger partial charge in [0.15, 0.2) is 0 Å². The molecule has 2 aromatic heterocycles. The Bertz CT molecular complexity index is 751. The minimum absolute atomic E-state index is 0.220. The van der Waals surface area contributed by atoms with E-state index in [2.05, 4.69) is 15.0 Å². The highest BCUT2D eigenvalue weighted by atomic mass is 32.2. The molecule has 0 radical (unpaired) electrons. The van der Waals surface area contributed by atoms with E-state index in [0.717, 1.165) is 21.2 Å². The van der Waals surface area contributed by atoms with E-state index in [0.29, 0.717) is 18.7 Å². The Kier molecular flexibility index (Phi) is 5.64. The van der Waals surface area contributed by atoms with Crippen molar-refractivity contribution in [1.82, 2.24) is 15.0 Å². The van der Waals surface area contributed by atoms with Gasteiger partial charge in [0, 0.05) is 16.7 Å². The fourth-order valence-corrected chi connectivity index (χ4v) is 4.54. The first-order valence-corrected chi connectivity index (χ1v) is 9.59. The quantitative estimate of drug-likeness (QED) is 0.667. The summed E-state index contributed by atoms with van der Waals surface area (Å²) < 4.78 is 25.7. The molecule has 0 atom stereocenters. The van der Waals surface area contributed by atoms with Crippen LogP contribution < -0.4 is 15.8 Å². The number of carbonyl (C=O) groups is 1. The molecular formula is C12H16N4O3S3. The molecule has 0 saturated carbocycles. The van der Waals surface area contributed by atoms with Gasteiger partial charge in [-0.25, -0.2) is 18.1 Å². The molecule has 22 heavy (non-hydrogen) atoms. The molecule has 2 heterocycles. The summed E-state index contributed by atoms with van der Waals surface area (Å²) in [6.07, 6.45) is 0.647. The van der Waals surface area contributed by atoms with Crippen molar-refractivity contribution in [3.8, 4) is 0 Å². The third-order valence-corrected chi connectivity index (χ3v) is 6.64. The number of thiophene rings is 1. The number of thiazole rings is 1. The summed E-state index contributed by atoms with van der Waals surface area (Å²) in [5.41, 5.74) is 5.80. The van der Waals surface area contributed by atoms with Gasteiger partial charge in [0.2, 0.25) is 10.0 Å². The van der Waals surface area contributed by atoms with E-state index in [1.54, 1.807) is 11.4 Å². The molecule has 7 nitrogen and oxygen atoms in total. The van der Waals surface area contributed by atoms with Crippen molar-refractivity contribution in [1.29, 1.82) is 0 Å². The number of hydrogen-bond acceptors (Lipinski definition) is 7. The number of sulfonamides is 1. The van der Waals surface area contributed by atoms with Gasteiger partial charge < -0.3 is 11.1 Å². The lowest BCUT2D eigenvalue weighted by atomic mass is 10.4. The van der Waals surface area contributed by atoms with Crippen LogP contribution in [0, 0.1) is 0 Å². The van der Waals surface area contributed by atoms with Crippen LogP contribution in [0.4, 0.5) is 0 Å². The van der Waals surface area contributed by atoms with Gasteiger partial charge >= 0.3 is 0 Å². The van der Waals surface area contributed by atoms with Crippen molar-refractivity contribution in [3.05, 3.63) is 33.1 Å². The van der Waals surface area contributed by atoms with Gasteiger partial charge in [-0.15, -0.1) is 22.7 Å². The standard InChI is InChI=1S/C12H16N4O3S3/c1-14-22(18,19)11-3-2-8(21-11)6-15-12(17)9-7-20-10(16-9)4-5-13/h2-3,7,14H,4-6,13H2,1H3,(H,15,17). The largest absolute Gasteiger partial charge is 0.346 e. The average Bonchev–Trinajstić information content (AvgIpc) is 3.14. The zero-order valence-corrected chi connectivity index (χ0v) is 14.3. The molecule has 0 aliphatic rings. The monoisotopic (exact) mass is 360 g/mol. The van der Waals surface area contributed by atoms with Crippen molar-refractivity contribution in [2.75, 3.05) is 13.6 Å². The lowest BCUT2D eigenvalue weighted by Gasteiger charge is -2.01. The summed E-state index contributed by atoms with van der Waals surface area (Å²) in [6.45, 7) is 0.749. The van der Waals surface area contributed by atoms with E-state index >= 15 is 0 Å². The van der Waals surface area contributed by atoms with Gasteiger partial charge in [0.05, 0.1) is 11.6 Å². The molecule has 2 aromatic rings. The molecule has 0 bridgehead atoms. The third-order valence-electron chi connectivity index (χ3n) is 2.74. The van der Waals surface area contributed by atoms with Gasteiger partial charge in [-0.05, 0) is 25.7 Å². The van der Waals surface area contributed by atoms with E-state index in [4.69, 9.17) is 5.73 Å². The second-order valence-electron chi connectivity index (χ2n) is 4.28. The first-order chi connectivity index (χ1) is 10.5. The molecule has 0 unspecified atom stereocenters. The molecule has 10 heteroatoms. The van der Waals surface area contributed by atoms with Crippen molar-refractivity contribution in [3.63, 3.8) is 0 Å². The number of aromatic nitrogens is 1. The van der Waals surface area contributed by atoms with Crippen molar-refractivity contribution in [2.24, 2.45) is 5.73 Å². The number of rotatable bonds is 7. The van der Waals surface area contributed by atoms with Crippen molar-refractivity contribution >= 4 is 38.6 Å². The van der Waals surface area contributed by atoms with Gasteiger partial charge in [-0.3, -0.25) is 4.79 Å². The van der Waals surface area contributed by atoms with E-state index in [-0.39, 0.29) is 16.7 Å². The zero-order chi connectivity index (χ0) is 16.2. The highest BCUT2D eigenvalue weighted by molar-refractivity contribution is 7.91. The number of nitrogens with one attached hydrogen (secondary N) is 2. The summed E-state index contributed by atoms with van der Waals surface area (Å²) in [5, 5.41) is 5.23. The van der Waals surface area contributed by atoms with E-state index in [9.17, 15) is 13.2 Å². The molecule has 1 amide bonds. The fourth-order valence-electron chi connectivity index (χ4n) is 1.61. The second kappa shape index (κ2) is 7.29. The predicted octanol–water partition coefficient (Wildman–Crippen LogP) is 0.544. The number of amides is 1. The first kappa shape index (κ1) is 17.0. The molecular weight excluding hydrogens is 344 g/mol. The van der Waals surface area contributed by atoms with Gasteiger partial charge in [-0.1, -0.05) is 0 Å². The Labute approximate surface area is 136 Å². The van der Waals surface area contributed by atoms with Crippen LogP contribution in [0.5, 0.6) is 0 Å². The summed E-state index contributed by atoms with van der Waals surface area (Å²) in [4.78, 5) is 16.9. The Morgan fingerprint density at radius 3 is 2.86 bits per heavy atom. The van der Waals surface area contributed by atoms with Crippen LogP contribution in [0.3, 0.4) is 0 Å². The summed E-state index contributed by atoms with van der Waals surface area (Å²) in [5.74, 6) is -0.286. The smallest absolute Gasteiger partial charge is 0.271 e. The fraction of sp³-hybridized carbons (Fsp3) is 0.333. The van der Waals surface area contributed by atoms with Crippen molar-refractivity contribution in [2.45, 2.75) is 17.2 Å². The lowest BCUT2D eigenvalue weighted by molar-refractivity contribution is 0.0947. The topological polar surface area (TPSA) is 114 Å². The maximum Gasteiger partial charge on any atom is 0.271 e. The van der Waals surface area contributed by atoms with E-state index in [1.807, 2.05) is 0 Å². The minimum Gasteiger partial charge on any atom is -0.346 e.